The zero-order valence-electron chi connectivity index (χ0n) is 19.3. The van der Waals surface area contributed by atoms with Crippen molar-refractivity contribution in [1.82, 2.24) is 14.5 Å². The average Bonchev–Trinajstić information content (AvgIpc) is 3.49. The number of carboxylic acids is 1. The average molecular weight is 469 g/mol. The van der Waals surface area contributed by atoms with Crippen LogP contribution in [0.3, 0.4) is 0 Å². The van der Waals surface area contributed by atoms with Gasteiger partial charge in [0.15, 0.2) is 5.82 Å². The van der Waals surface area contributed by atoms with Crippen molar-refractivity contribution in [3.8, 4) is 22.6 Å². The first-order valence-electron chi connectivity index (χ1n) is 11.3. The third kappa shape index (κ3) is 3.98. The van der Waals surface area contributed by atoms with Crippen LogP contribution >= 0.6 is 0 Å². The number of anilines is 1. The number of benzene rings is 2. The Labute approximate surface area is 202 Å². The first-order valence-corrected chi connectivity index (χ1v) is 11.3. The summed E-state index contributed by atoms with van der Waals surface area (Å²) in [5.41, 5.74) is 4.04. The molecule has 2 N–H and O–H groups in total. The monoisotopic (exact) mass is 468 g/mol. The van der Waals surface area contributed by atoms with Crippen molar-refractivity contribution in [2.24, 2.45) is 0 Å². The molecule has 0 unspecified atom stereocenters. The van der Waals surface area contributed by atoms with E-state index in [1.807, 2.05) is 35.0 Å². The van der Waals surface area contributed by atoms with E-state index in [2.05, 4.69) is 18.8 Å². The maximum atomic E-state index is 13.4. The molecule has 4 aromatic rings. The Morgan fingerprint density at radius 3 is 2.66 bits per heavy atom. The summed E-state index contributed by atoms with van der Waals surface area (Å²) < 4.78 is 2.03. The second kappa shape index (κ2) is 8.81. The maximum absolute atomic E-state index is 13.4. The second-order valence-electron chi connectivity index (χ2n) is 8.73. The van der Waals surface area contributed by atoms with Gasteiger partial charge in [0.25, 0.3) is 5.91 Å². The van der Waals surface area contributed by atoms with Gasteiger partial charge in [-0.1, -0.05) is 24.3 Å². The van der Waals surface area contributed by atoms with Crippen LogP contribution in [0.2, 0.25) is 0 Å². The van der Waals surface area contributed by atoms with E-state index in [0.29, 0.717) is 40.3 Å². The molecule has 2 aromatic heterocycles. The molecule has 0 saturated carbocycles. The Morgan fingerprint density at radius 2 is 1.91 bits per heavy atom. The minimum atomic E-state index is -1.05. The fourth-order valence-electron chi connectivity index (χ4n) is 4.40. The van der Waals surface area contributed by atoms with Crippen molar-refractivity contribution in [3.05, 3.63) is 89.2 Å². The van der Waals surface area contributed by atoms with Crippen molar-refractivity contribution < 1.29 is 19.8 Å². The number of hydrogen-bond donors (Lipinski definition) is 2. The number of aliphatic hydroxyl groups excluding tert-OH is 1. The smallest absolute Gasteiger partial charge is 0.335 e. The van der Waals surface area contributed by atoms with Gasteiger partial charge in [-0.05, 0) is 66.4 Å². The zero-order chi connectivity index (χ0) is 24.7. The minimum absolute atomic E-state index is 0.117. The highest BCUT2D eigenvalue weighted by atomic mass is 16.4. The first kappa shape index (κ1) is 22.5. The molecule has 1 aliphatic rings. The van der Waals surface area contributed by atoms with E-state index >= 15 is 0 Å². The lowest BCUT2D eigenvalue weighted by molar-refractivity contribution is 0.0696. The Morgan fingerprint density at radius 1 is 1.09 bits per heavy atom. The van der Waals surface area contributed by atoms with Gasteiger partial charge in [-0.25, -0.2) is 14.8 Å². The largest absolute Gasteiger partial charge is 0.478 e. The number of amides is 1. The molecule has 35 heavy (non-hydrogen) atoms. The lowest BCUT2D eigenvalue weighted by atomic mass is 9.95. The van der Waals surface area contributed by atoms with Gasteiger partial charge in [-0.15, -0.1) is 0 Å². The molecule has 0 aliphatic carbocycles. The number of fused-ring (bicyclic) bond motifs is 1. The fraction of sp³-hybridized carbons (Fsp3) is 0.185. The van der Waals surface area contributed by atoms with E-state index in [4.69, 9.17) is 4.98 Å². The van der Waals surface area contributed by atoms with Gasteiger partial charge in [0, 0.05) is 24.0 Å². The standard InChI is InChI=1S/C27H24N4O4/c1-16(2)30-11-10-28-25(30)23-4-3-5-24(29-23)31-14-19-8-6-17(12-22(19)26(31)33)21-13-18(27(34)35)7-9-20(21)15-32/h3-13,16,32H,14-15H2,1-2H3,(H,34,35). The fourth-order valence-corrected chi connectivity index (χ4v) is 4.40. The van der Waals surface area contributed by atoms with Crippen LogP contribution in [0.25, 0.3) is 22.6 Å². The molecule has 0 saturated heterocycles. The van der Waals surface area contributed by atoms with E-state index in [9.17, 15) is 19.8 Å². The van der Waals surface area contributed by atoms with E-state index in [-0.39, 0.29) is 24.1 Å². The molecule has 0 radical (unpaired) electrons. The first-order chi connectivity index (χ1) is 16.9. The number of hydrogen-bond acceptors (Lipinski definition) is 5. The van der Waals surface area contributed by atoms with Gasteiger partial charge in [-0.3, -0.25) is 9.69 Å². The predicted octanol–water partition coefficient (Wildman–Crippen LogP) is 4.54. The highest BCUT2D eigenvalue weighted by Crippen LogP contribution is 2.33. The van der Waals surface area contributed by atoms with Crippen LogP contribution in [0.5, 0.6) is 0 Å². The van der Waals surface area contributed by atoms with E-state index in [1.54, 1.807) is 29.3 Å². The Hall–Kier alpha value is -4.30. The van der Waals surface area contributed by atoms with Gasteiger partial charge >= 0.3 is 5.97 Å². The number of rotatable bonds is 6. The molecule has 8 heteroatoms. The summed E-state index contributed by atoms with van der Waals surface area (Å²) in [6.07, 6.45) is 3.65. The number of imidazole rings is 1. The highest BCUT2D eigenvalue weighted by molar-refractivity contribution is 6.10. The van der Waals surface area contributed by atoms with Crippen LogP contribution in [0.4, 0.5) is 5.82 Å². The summed E-state index contributed by atoms with van der Waals surface area (Å²) in [5.74, 6) is 0.0393. The third-order valence-corrected chi connectivity index (χ3v) is 6.22. The molecule has 0 bridgehead atoms. The molecule has 1 amide bonds. The van der Waals surface area contributed by atoms with Crippen LogP contribution in [0, 0.1) is 0 Å². The number of carbonyl (C=O) groups is 2. The summed E-state index contributed by atoms with van der Waals surface area (Å²) >= 11 is 0. The number of aromatic carboxylic acids is 1. The van der Waals surface area contributed by atoms with E-state index in [1.165, 1.54) is 12.1 Å². The van der Waals surface area contributed by atoms with Gasteiger partial charge in [-0.2, -0.15) is 0 Å². The van der Waals surface area contributed by atoms with Gasteiger partial charge in [0.05, 0.1) is 18.7 Å². The number of carbonyl (C=O) groups excluding carboxylic acids is 1. The van der Waals surface area contributed by atoms with E-state index in [0.717, 1.165) is 11.4 Å². The SMILES string of the molecule is CC(C)n1ccnc1-c1cccc(N2Cc3ccc(-c4cc(C(=O)O)ccc4CO)cc3C2=O)n1. The number of aliphatic hydroxyl groups is 1. The molecule has 0 fully saturated rings. The number of pyridine rings is 1. The molecule has 3 heterocycles. The molecule has 0 atom stereocenters. The van der Waals surface area contributed by atoms with Crippen molar-refractivity contribution in [2.75, 3.05) is 4.90 Å². The topological polar surface area (TPSA) is 109 Å². The van der Waals surface area contributed by atoms with Crippen LogP contribution in [-0.2, 0) is 13.2 Å². The highest BCUT2D eigenvalue weighted by Gasteiger charge is 2.30. The molecular weight excluding hydrogens is 444 g/mol. The van der Waals surface area contributed by atoms with Crippen LogP contribution < -0.4 is 4.90 Å². The van der Waals surface area contributed by atoms with Crippen molar-refractivity contribution in [1.29, 1.82) is 0 Å². The van der Waals surface area contributed by atoms with Crippen molar-refractivity contribution >= 4 is 17.7 Å². The molecule has 0 spiro atoms. The molecule has 2 aromatic carbocycles. The van der Waals surface area contributed by atoms with E-state index < -0.39 is 5.97 Å². The molecule has 8 nitrogen and oxygen atoms in total. The summed E-state index contributed by atoms with van der Waals surface area (Å²) in [5, 5.41) is 19.1. The lowest BCUT2D eigenvalue weighted by Crippen LogP contribution is -2.24. The van der Waals surface area contributed by atoms with Gasteiger partial charge in [0.1, 0.15) is 11.5 Å². The Bertz CT molecular complexity index is 1460. The van der Waals surface area contributed by atoms with Crippen molar-refractivity contribution in [3.63, 3.8) is 0 Å². The molecule has 1 aliphatic heterocycles. The Balaban J connectivity index is 1.50. The number of aromatic nitrogens is 3. The third-order valence-electron chi connectivity index (χ3n) is 6.22. The summed E-state index contributed by atoms with van der Waals surface area (Å²) in [4.78, 5) is 35.7. The Kier molecular flexibility index (Phi) is 5.66. The van der Waals surface area contributed by atoms with Crippen LogP contribution in [0.15, 0.2) is 67.0 Å². The number of carboxylic acid groups (broad SMARTS) is 1. The second-order valence-corrected chi connectivity index (χ2v) is 8.73. The minimum Gasteiger partial charge on any atom is -0.478 e. The maximum Gasteiger partial charge on any atom is 0.335 e. The number of nitrogens with zero attached hydrogens (tertiary/aromatic N) is 4. The summed E-state index contributed by atoms with van der Waals surface area (Å²) in [6, 6.07) is 15.8. The predicted molar refractivity (Wildman–Crippen MR) is 131 cm³/mol. The molecular formula is C27H24N4O4. The van der Waals surface area contributed by atoms with Gasteiger partial charge < -0.3 is 14.8 Å². The molecule has 5 rings (SSSR count). The van der Waals surface area contributed by atoms with Crippen LogP contribution in [0.1, 0.15) is 51.7 Å². The quantitative estimate of drug-likeness (QED) is 0.430. The lowest BCUT2D eigenvalue weighted by Gasteiger charge is -2.16. The molecule has 176 valence electrons. The van der Waals surface area contributed by atoms with Crippen LogP contribution in [-0.4, -0.2) is 36.6 Å². The zero-order valence-corrected chi connectivity index (χ0v) is 19.3. The summed E-state index contributed by atoms with van der Waals surface area (Å²) in [6.45, 7) is 4.28. The summed E-state index contributed by atoms with van der Waals surface area (Å²) in [7, 11) is 0. The van der Waals surface area contributed by atoms with Gasteiger partial charge in [0.2, 0.25) is 0 Å². The van der Waals surface area contributed by atoms with Crippen molar-refractivity contribution in [2.45, 2.75) is 33.0 Å². The normalized spacial score (nSPS) is 12.9.